The fraction of sp³-hybridized carbons (Fsp3) is 0. The van der Waals surface area contributed by atoms with Crippen molar-refractivity contribution in [1.29, 1.82) is 0 Å². The van der Waals surface area contributed by atoms with Gasteiger partial charge in [0.05, 0.1) is 10.6 Å². The monoisotopic (exact) mass is 287 g/mol. The van der Waals surface area contributed by atoms with Gasteiger partial charge in [-0.05, 0) is 12.1 Å². The molecule has 0 fully saturated rings. The molecular formula is C12H9N5O4. The van der Waals surface area contributed by atoms with Crippen LogP contribution in [-0.4, -0.2) is 24.8 Å². The summed E-state index contributed by atoms with van der Waals surface area (Å²) in [6, 6.07) is 6.82. The first-order valence-electron chi connectivity index (χ1n) is 5.82. The van der Waals surface area contributed by atoms with Crippen molar-refractivity contribution >= 4 is 22.4 Å². The number of nitrogen functional groups attached to an aromatic ring is 1. The van der Waals surface area contributed by atoms with Crippen LogP contribution in [0.15, 0.2) is 35.1 Å². The average molecular weight is 287 g/mol. The largest absolute Gasteiger partial charge is 0.494 e. The van der Waals surface area contributed by atoms with Gasteiger partial charge >= 0.3 is 0 Å². The number of hydrogen-bond donors (Lipinski definition) is 3. The lowest BCUT2D eigenvalue weighted by atomic mass is 10.3. The van der Waals surface area contributed by atoms with Gasteiger partial charge in [0.15, 0.2) is 5.88 Å². The standard InChI is InChI=1S/C12H9N5O4/c13-11-10-8(5-9(18)14-12(10)19)15-16(11)6-1-3-7(4-2-6)17(20)21/h1-5,18H,13H2,(H,14,19). The van der Waals surface area contributed by atoms with Crippen LogP contribution in [0.25, 0.3) is 16.6 Å². The van der Waals surface area contributed by atoms with Crippen molar-refractivity contribution in [3.8, 4) is 11.6 Å². The Hall–Kier alpha value is -3.36. The molecule has 0 saturated carbocycles. The molecule has 3 rings (SSSR count). The van der Waals surface area contributed by atoms with Crippen LogP contribution in [-0.2, 0) is 0 Å². The molecule has 1 aromatic carbocycles. The van der Waals surface area contributed by atoms with Gasteiger partial charge in [-0.3, -0.25) is 19.9 Å². The summed E-state index contributed by atoms with van der Waals surface area (Å²) < 4.78 is 1.28. The van der Waals surface area contributed by atoms with E-state index in [1.165, 1.54) is 35.0 Å². The number of benzene rings is 1. The number of nitro groups is 1. The smallest absolute Gasteiger partial charge is 0.269 e. The summed E-state index contributed by atoms with van der Waals surface area (Å²) in [4.78, 5) is 24.1. The maximum absolute atomic E-state index is 11.8. The molecule has 0 saturated heterocycles. The second-order valence-electron chi connectivity index (χ2n) is 4.31. The van der Waals surface area contributed by atoms with Gasteiger partial charge in [0.2, 0.25) is 0 Å². The molecule has 2 heterocycles. The predicted molar refractivity (Wildman–Crippen MR) is 74.4 cm³/mol. The second-order valence-corrected chi connectivity index (χ2v) is 4.31. The number of hydrogen-bond acceptors (Lipinski definition) is 6. The maximum atomic E-state index is 11.8. The van der Waals surface area contributed by atoms with E-state index in [0.29, 0.717) is 5.69 Å². The Balaban J connectivity index is 2.21. The highest BCUT2D eigenvalue weighted by molar-refractivity contribution is 5.89. The number of pyridine rings is 1. The SMILES string of the molecule is Nc1c2c(=O)[nH]c(O)cc2nn1-c1ccc([N+](=O)[O-])cc1. The van der Waals surface area contributed by atoms with E-state index in [1.54, 1.807) is 0 Å². The fourth-order valence-electron chi connectivity index (χ4n) is 2.04. The summed E-state index contributed by atoms with van der Waals surface area (Å²) >= 11 is 0. The highest BCUT2D eigenvalue weighted by atomic mass is 16.6. The third-order valence-corrected chi connectivity index (χ3v) is 3.00. The highest BCUT2D eigenvalue weighted by Gasteiger charge is 2.15. The van der Waals surface area contributed by atoms with Crippen molar-refractivity contribution in [2.45, 2.75) is 0 Å². The van der Waals surface area contributed by atoms with E-state index in [-0.39, 0.29) is 28.3 Å². The molecule has 0 atom stereocenters. The van der Waals surface area contributed by atoms with Crippen LogP contribution in [0, 0.1) is 10.1 Å². The van der Waals surface area contributed by atoms with Gasteiger partial charge in [0.25, 0.3) is 11.2 Å². The Morgan fingerprint density at radius 1 is 1.33 bits per heavy atom. The number of nitrogens with zero attached hydrogens (tertiary/aromatic N) is 3. The number of nitro benzene ring substituents is 1. The van der Waals surface area contributed by atoms with Crippen molar-refractivity contribution in [1.82, 2.24) is 14.8 Å². The Morgan fingerprint density at radius 3 is 2.62 bits per heavy atom. The van der Waals surface area contributed by atoms with E-state index in [4.69, 9.17) is 5.73 Å². The summed E-state index contributed by atoms with van der Waals surface area (Å²) in [5, 5.41) is 24.2. The Labute approximate surface area is 116 Å². The molecule has 0 unspecified atom stereocenters. The first kappa shape index (κ1) is 12.7. The summed E-state index contributed by atoms with van der Waals surface area (Å²) in [5.74, 6) is -0.235. The Kier molecular flexibility index (Phi) is 2.61. The molecule has 0 aliphatic heterocycles. The van der Waals surface area contributed by atoms with E-state index in [9.17, 15) is 20.0 Å². The van der Waals surface area contributed by atoms with Crippen LogP contribution in [0.2, 0.25) is 0 Å². The zero-order chi connectivity index (χ0) is 15.1. The number of nitrogens with one attached hydrogen (secondary N) is 1. The van der Waals surface area contributed by atoms with Gasteiger partial charge in [-0.2, -0.15) is 5.10 Å². The molecule has 9 nitrogen and oxygen atoms in total. The van der Waals surface area contributed by atoms with E-state index >= 15 is 0 Å². The molecule has 21 heavy (non-hydrogen) atoms. The Morgan fingerprint density at radius 2 is 2.00 bits per heavy atom. The van der Waals surface area contributed by atoms with Gasteiger partial charge in [-0.25, -0.2) is 4.68 Å². The molecule has 2 aromatic heterocycles. The number of anilines is 1. The molecule has 0 aliphatic rings. The lowest BCUT2D eigenvalue weighted by Crippen LogP contribution is -2.07. The highest BCUT2D eigenvalue weighted by Crippen LogP contribution is 2.23. The van der Waals surface area contributed by atoms with Gasteiger partial charge < -0.3 is 10.8 Å². The summed E-state index contributed by atoms with van der Waals surface area (Å²) in [5.41, 5.74) is 5.95. The number of aromatic hydroxyl groups is 1. The average Bonchev–Trinajstić information content (AvgIpc) is 2.76. The van der Waals surface area contributed by atoms with Crippen LogP contribution < -0.4 is 11.3 Å². The topological polar surface area (TPSA) is 140 Å². The van der Waals surface area contributed by atoms with Crippen molar-refractivity contribution in [3.63, 3.8) is 0 Å². The second kappa shape index (κ2) is 4.34. The van der Waals surface area contributed by atoms with Crippen molar-refractivity contribution in [2.24, 2.45) is 0 Å². The van der Waals surface area contributed by atoms with Gasteiger partial charge in [0, 0.05) is 18.2 Å². The third-order valence-electron chi connectivity index (χ3n) is 3.00. The van der Waals surface area contributed by atoms with Gasteiger partial charge in [-0.15, -0.1) is 0 Å². The van der Waals surface area contributed by atoms with Crippen LogP contribution >= 0.6 is 0 Å². The molecular weight excluding hydrogens is 278 g/mol. The molecule has 3 aromatic rings. The minimum Gasteiger partial charge on any atom is -0.494 e. The lowest BCUT2D eigenvalue weighted by Gasteiger charge is -2.02. The number of fused-ring (bicyclic) bond motifs is 1. The molecule has 0 bridgehead atoms. The molecule has 0 amide bonds. The van der Waals surface area contributed by atoms with E-state index in [2.05, 4.69) is 10.1 Å². The quantitative estimate of drug-likeness (QED) is 0.472. The minimum absolute atomic E-state index is 0.0653. The Bertz CT molecular complexity index is 910. The van der Waals surface area contributed by atoms with Gasteiger partial charge in [0.1, 0.15) is 16.7 Å². The maximum Gasteiger partial charge on any atom is 0.269 e. The first-order valence-corrected chi connectivity index (χ1v) is 5.82. The minimum atomic E-state index is -0.560. The number of H-pyrrole nitrogens is 1. The van der Waals surface area contributed by atoms with Crippen LogP contribution in [0.1, 0.15) is 0 Å². The lowest BCUT2D eigenvalue weighted by molar-refractivity contribution is -0.384. The van der Waals surface area contributed by atoms with Crippen LogP contribution in [0.5, 0.6) is 5.88 Å². The van der Waals surface area contributed by atoms with Crippen molar-refractivity contribution in [2.75, 3.05) is 5.73 Å². The summed E-state index contributed by atoms with van der Waals surface area (Å²) in [7, 11) is 0. The van der Waals surface area contributed by atoms with Crippen molar-refractivity contribution < 1.29 is 10.0 Å². The normalized spacial score (nSPS) is 10.9. The number of aromatic nitrogens is 3. The first-order chi connectivity index (χ1) is 9.97. The molecule has 0 spiro atoms. The third kappa shape index (κ3) is 1.96. The van der Waals surface area contributed by atoms with E-state index in [1.807, 2.05) is 0 Å². The molecule has 106 valence electrons. The van der Waals surface area contributed by atoms with E-state index < -0.39 is 10.5 Å². The molecule has 0 aliphatic carbocycles. The summed E-state index contributed by atoms with van der Waals surface area (Å²) in [6.45, 7) is 0. The van der Waals surface area contributed by atoms with Gasteiger partial charge in [-0.1, -0.05) is 0 Å². The summed E-state index contributed by atoms with van der Waals surface area (Å²) in [6.07, 6.45) is 0. The number of non-ortho nitro benzene ring substituents is 1. The number of rotatable bonds is 2. The molecule has 4 N–H and O–H groups in total. The number of aromatic amines is 1. The predicted octanol–water partition coefficient (Wildman–Crippen LogP) is 0.910. The number of nitrogens with two attached hydrogens (primary N) is 1. The zero-order valence-electron chi connectivity index (χ0n) is 10.5. The van der Waals surface area contributed by atoms with E-state index in [0.717, 1.165) is 0 Å². The molecule has 9 heteroatoms. The fourth-order valence-corrected chi connectivity index (χ4v) is 2.04. The molecule has 0 radical (unpaired) electrons. The zero-order valence-corrected chi connectivity index (χ0v) is 10.5. The van der Waals surface area contributed by atoms with Crippen molar-refractivity contribution in [3.05, 3.63) is 50.8 Å². The van der Waals surface area contributed by atoms with Crippen LogP contribution in [0.3, 0.4) is 0 Å². The van der Waals surface area contributed by atoms with Crippen LogP contribution in [0.4, 0.5) is 11.5 Å².